The average Bonchev–Trinajstić information content (AvgIpc) is 2.45. The van der Waals surface area contributed by atoms with E-state index in [-0.39, 0.29) is 6.04 Å². The molecule has 20 heavy (non-hydrogen) atoms. The Bertz CT molecular complexity index is 545. The molecular formula is C19H25N. The highest BCUT2D eigenvalue weighted by Gasteiger charge is 2.18. The SMILES string of the molecule is CCC(c1ccccc1)C(N)Cc1ccc(C)c(C)c1. The van der Waals surface area contributed by atoms with Gasteiger partial charge < -0.3 is 5.73 Å². The van der Waals surface area contributed by atoms with Gasteiger partial charge in [-0.2, -0.15) is 0 Å². The zero-order valence-corrected chi connectivity index (χ0v) is 12.8. The minimum Gasteiger partial charge on any atom is -0.327 e. The number of aryl methyl sites for hydroxylation is 2. The highest BCUT2D eigenvalue weighted by Crippen LogP contribution is 2.24. The fraction of sp³-hybridized carbons (Fsp3) is 0.368. The van der Waals surface area contributed by atoms with Crippen molar-refractivity contribution in [3.63, 3.8) is 0 Å². The molecule has 0 fully saturated rings. The molecule has 2 aromatic carbocycles. The Hall–Kier alpha value is -1.60. The van der Waals surface area contributed by atoms with Crippen LogP contribution in [0.5, 0.6) is 0 Å². The predicted molar refractivity (Wildman–Crippen MR) is 87.1 cm³/mol. The first kappa shape index (κ1) is 14.8. The van der Waals surface area contributed by atoms with Gasteiger partial charge in [0.1, 0.15) is 0 Å². The molecule has 0 amide bonds. The number of benzene rings is 2. The minimum atomic E-state index is 0.171. The number of hydrogen-bond acceptors (Lipinski definition) is 1. The first-order valence-electron chi connectivity index (χ1n) is 7.48. The highest BCUT2D eigenvalue weighted by molar-refractivity contribution is 5.31. The molecule has 0 heterocycles. The molecule has 0 spiro atoms. The lowest BCUT2D eigenvalue weighted by molar-refractivity contribution is 0.515. The largest absolute Gasteiger partial charge is 0.327 e. The van der Waals surface area contributed by atoms with Gasteiger partial charge in [0.15, 0.2) is 0 Å². The summed E-state index contributed by atoms with van der Waals surface area (Å²) >= 11 is 0. The van der Waals surface area contributed by atoms with Gasteiger partial charge in [-0.3, -0.25) is 0 Å². The van der Waals surface area contributed by atoms with Crippen LogP contribution >= 0.6 is 0 Å². The third-order valence-electron chi connectivity index (χ3n) is 4.23. The molecule has 0 saturated carbocycles. The summed E-state index contributed by atoms with van der Waals surface area (Å²) < 4.78 is 0. The van der Waals surface area contributed by atoms with Crippen molar-refractivity contribution in [1.29, 1.82) is 0 Å². The molecule has 0 aliphatic heterocycles. The molecule has 0 aliphatic rings. The van der Waals surface area contributed by atoms with Gasteiger partial charge in [0, 0.05) is 6.04 Å². The van der Waals surface area contributed by atoms with Crippen LogP contribution in [-0.2, 0) is 6.42 Å². The van der Waals surface area contributed by atoms with Gasteiger partial charge in [-0.05, 0) is 54.9 Å². The number of rotatable bonds is 5. The van der Waals surface area contributed by atoms with Crippen molar-refractivity contribution in [3.8, 4) is 0 Å². The fourth-order valence-electron chi connectivity index (χ4n) is 2.83. The van der Waals surface area contributed by atoms with Gasteiger partial charge in [0.2, 0.25) is 0 Å². The van der Waals surface area contributed by atoms with E-state index in [2.05, 4.69) is 69.3 Å². The molecule has 1 heteroatoms. The Morgan fingerprint density at radius 2 is 1.65 bits per heavy atom. The van der Waals surface area contributed by atoms with E-state index in [0.29, 0.717) is 5.92 Å². The first-order valence-corrected chi connectivity index (χ1v) is 7.48. The van der Waals surface area contributed by atoms with Gasteiger partial charge in [0.05, 0.1) is 0 Å². The molecule has 1 nitrogen and oxygen atoms in total. The maximum Gasteiger partial charge on any atom is 0.0148 e. The van der Waals surface area contributed by atoms with Crippen molar-refractivity contribution in [2.24, 2.45) is 5.73 Å². The van der Waals surface area contributed by atoms with Crippen molar-refractivity contribution < 1.29 is 0 Å². The van der Waals surface area contributed by atoms with Crippen molar-refractivity contribution in [2.45, 2.75) is 45.6 Å². The first-order chi connectivity index (χ1) is 9.61. The van der Waals surface area contributed by atoms with E-state index in [4.69, 9.17) is 5.73 Å². The molecule has 2 N–H and O–H groups in total. The van der Waals surface area contributed by atoms with Crippen molar-refractivity contribution in [1.82, 2.24) is 0 Å². The van der Waals surface area contributed by atoms with Crippen LogP contribution in [0.3, 0.4) is 0 Å². The molecule has 0 radical (unpaired) electrons. The molecular weight excluding hydrogens is 242 g/mol. The Morgan fingerprint density at radius 3 is 2.25 bits per heavy atom. The third kappa shape index (κ3) is 3.49. The quantitative estimate of drug-likeness (QED) is 0.855. The average molecular weight is 267 g/mol. The van der Waals surface area contributed by atoms with E-state index >= 15 is 0 Å². The van der Waals surface area contributed by atoms with Crippen molar-refractivity contribution in [2.75, 3.05) is 0 Å². The monoisotopic (exact) mass is 267 g/mol. The van der Waals surface area contributed by atoms with E-state index in [1.54, 1.807) is 0 Å². The van der Waals surface area contributed by atoms with Gasteiger partial charge in [0.25, 0.3) is 0 Å². The zero-order chi connectivity index (χ0) is 14.5. The Balaban J connectivity index is 2.13. The number of hydrogen-bond donors (Lipinski definition) is 1. The van der Waals surface area contributed by atoms with Crippen molar-refractivity contribution >= 4 is 0 Å². The van der Waals surface area contributed by atoms with Gasteiger partial charge in [-0.15, -0.1) is 0 Å². The molecule has 2 aromatic rings. The topological polar surface area (TPSA) is 26.0 Å². The van der Waals surface area contributed by atoms with E-state index in [0.717, 1.165) is 12.8 Å². The van der Waals surface area contributed by atoms with E-state index in [9.17, 15) is 0 Å². The summed E-state index contributed by atoms with van der Waals surface area (Å²) in [7, 11) is 0. The predicted octanol–water partition coefficient (Wildman–Crippen LogP) is 4.37. The molecule has 106 valence electrons. The molecule has 0 saturated heterocycles. The summed E-state index contributed by atoms with van der Waals surface area (Å²) in [5.41, 5.74) is 11.9. The summed E-state index contributed by atoms with van der Waals surface area (Å²) in [5, 5.41) is 0. The molecule has 2 unspecified atom stereocenters. The van der Waals surface area contributed by atoms with Crippen LogP contribution in [0.25, 0.3) is 0 Å². The van der Waals surface area contributed by atoms with Crippen molar-refractivity contribution in [3.05, 3.63) is 70.8 Å². The van der Waals surface area contributed by atoms with Crippen LogP contribution in [0.4, 0.5) is 0 Å². The third-order valence-corrected chi connectivity index (χ3v) is 4.23. The van der Waals surface area contributed by atoms with Crippen LogP contribution in [-0.4, -0.2) is 6.04 Å². The lowest BCUT2D eigenvalue weighted by atomic mass is 9.86. The standard InChI is InChI=1S/C19H25N/c1-4-18(17-8-6-5-7-9-17)19(20)13-16-11-10-14(2)15(3)12-16/h5-12,18-19H,4,13,20H2,1-3H3. The van der Waals surface area contributed by atoms with Gasteiger partial charge in [-0.1, -0.05) is 55.5 Å². The van der Waals surface area contributed by atoms with E-state index in [1.165, 1.54) is 22.3 Å². The summed E-state index contributed by atoms with van der Waals surface area (Å²) in [4.78, 5) is 0. The van der Waals surface area contributed by atoms with Crippen LogP contribution in [0, 0.1) is 13.8 Å². The summed E-state index contributed by atoms with van der Waals surface area (Å²) in [6.45, 7) is 6.54. The molecule has 0 aromatic heterocycles. The van der Waals surface area contributed by atoms with Crippen LogP contribution in [0.15, 0.2) is 48.5 Å². The lowest BCUT2D eigenvalue weighted by Gasteiger charge is -2.23. The summed E-state index contributed by atoms with van der Waals surface area (Å²) in [6.07, 6.45) is 2.02. The molecule has 0 aliphatic carbocycles. The van der Waals surface area contributed by atoms with Crippen LogP contribution < -0.4 is 5.73 Å². The van der Waals surface area contributed by atoms with Gasteiger partial charge >= 0.3 is 0 Å². The van der Waals surface area contributed by atoms with Crippen LogP contribution in [0.2, 0.25) is 0 Å². The second-order valence-electron chi connectivity index (χ2n) is 5.71. The zero-order valence-electron chi connectivity index (χ0n) is 12.8. The molecule has 0 bridgehead atoms. The van der Waals surface area contributed by atoms with Gasteiger partial charge in [-0.25, -0.2) is 0 Å². The Kier molecular flexibility index (Phi) is 4.97. The van der Waals surface area contributed by atoms with Crippen LogP contribution in [0.1, 0.15) is 41.5 Å². The molecule has 2 atom stereocenters. The Labute approximate surface area is 122 Å². The second kappa shape index (κ2) is 6.71. The maximum atomic E-state index is 6.48. The number of nitrogens with two attached hydrogens (primary N) is 1. The molecule has 2 rings (SSSR count). The smallest absolute Gasteiger partial charge is 0.0148 e. The summed E-state index contributed by atoms with van der Waals surface area (Å²) in [6, 6.07) is 17.5. The van der Waals surface area contributed by atoms with E-state index < -0.39 is 0 Å². The maximum absolute atomic E-state index is 6.48. The highest BCUT2D eigenvalue weighted by atomic mass is 14.6. The minimum absolute atomic E-state index is 0.171. The fourth-order valence-corrected chi connectivity index (χ4v) is 2.83. The normalized spacial score (nSPS) is 14.0. The van der Waals surface area contributed by atoms with E-state index in [1.807, 2.05) is 0 Å². The summed E-state index contributed by atoms with van der Waals surface area (Å²) in [5.74, 6) is 0.429. The second-order valence-corrected chi connectivity index (χ2v) is 5.71. The Morgan fingerprint density at radius 1 is 0.950 bits per heavy atom. The lowest BCUT2D eigenvalue weighted by Crippen LogP contribution is -2.30.